The SMILES string of the molecule is CN1CCN(c2ccc(N=C(NC(=O)OC(C)(C)C)NC(=O)OC(C)(C)C)nc2)CC1. The number of rotatable bonds is 2. The van der Waals surface area contributed by atoms with Crippen molar-refractivity contribution in [3.05, 3.63) is 18.3 Å². The highest BCUT2D eigenvalue weighted by Crippen LogP contribution is 2.18. The number of alkyl carbamates (subject to hydrolysis) is 2. The Bertz CT molecular complexity index is 756. The molecule has 31 heavy (non-hydrogen) atoms. The lowest BCUT2D eigenvalue weighted by Gasteiger charge is -2.33. The first-order valence-corrected chi connectivity index (χ1v) is 10.3. The molecule has 1 fully saturated rings. The lowest BCUT2D eigenvalue weighted by molar-refractivity contribution is 0.0545. The molecule has 1 aliphatic heterocycles. The molecule has 0 radical (unpaired) electrons. The molecule has 0 saturated carbocycles. The third kappa shape index (κ3) is 9.20. The van der Waals surface area contributed by atoms with Gasteiger partial charge in [0.15, 0.2) is 5.82 Å². The first-order chi connectivity index (χ1) is 14.3. The van der Waals surface area contributed by atoms with E-state index in [-0.39, 0.29) is 5.96 Å². The lowest BCUT2D eigenvalue weighted by atomic mass is 10.2. The molecule has 0 aromatic carbocycles. The average Bonchev–Trinajstić information content (AvgIpc) is 2.59. The minimum absolute atomic E-state index is 0.136. The summed E-state index contributed by atoms with van der Waals surface area (Å²) in [7, 11) is 2.10. The number of aliphatic imine (C=N–C) groups is 1. The van der Waals surface area contributed by atoms with E-state index < -0.39 is 23.4 Å². The first kappa shape index (κ1) is 24.4. The van der Waals surface area contributed by atoms with Crippen molar-refractivity contribution in [2.45, 2.75) is 52.7 Å². The zero-order chi connectivity index (χ0) is 23.2. The summed E-state index contributed by atoms with van der Waals surface area (Å²) in [5.74, 6) is 0.184. The fourth-order valence-corrected chi connectivity index (χ4v) is 2.70. The van der Waals surface area contributed by atoms with Crippen LogP contribution in [0.15, 0.2) is 23.3 Å². The van der Waals surface area contributed by atoms with Crippen LogP contribution in [0.25, 0.3) is 0 Å². The second-order valence-corrected chi connectivity index (χ2v) is 9.38. The van der Waals surface area contributed by atoms with Gasteiger partial charge in [0.05, 0.1) is 11.9 Å². The van der Waals surface area contributed by atoms with Gasteiger partial charge >= 0.3 is 12.2 Å². The van der Waals surface area contributed by atoms with Gasteiger partial charge in [0.1, 0.15) is 11.2 Å². The van der Waals surface area contributed by atoms with Crippen molar-refractivity contribution in [2.24, 2.45) is 4.99 Å². The summed E-state index contributed by atoms with van der Waals surface area (Å²) in [6.45, 7) is 14.3. The number of hydrogen-bond acceptors (Lipinski definition) is 8. The number of piperazine rings is 1. The molecule has 0 atom stereocenters. The van der Waals surface area contributed by atoms with E-state index in [1.165, 1.54) is 0 Å². The molecule has 1 aromatic heterocycles. The molecule has 0 aliphatic carbocycles. The highest BCUT2D eigenvalue weighted by molar-refractivity contribution is 6.02. The minimum Gasteiger partial charge on any atom is -0.444 e. The normalized spacial score (nSPS) is 15.1. The number of pyridine rings is 1. The smallest absolute Gasteiger partial charge is 0.414 e. The summed E-state index contributed by atoms with van der Waals surface area (Å²) in [6, 6.07) is 3.64. The maximum Gasteiger partial charge on any atom is 0.414 e. The van der Waals surface area contributed by atoms with Gasteiger partial charge in [0.25, 0.3) is 0 Å². The van der Waals surface area contributed by atoms with Crippen molar-refractivity contribution in [3.63, 3.8) is 0 Å². The topological polar surface area (TPSA) is 108 Å². The highest BCUT2D eigenvalue weighted by atomic mass is 16.6. The Morgan fingerprint density at radius 3 is 1.87 bits per heavy atom. The molecule has 172 valence electrons. The number of anilines is 1. The van der Waals surface area contributed by atoms with Crippen LogP contribution in [0.3, 0.4) is 0 Å². The van der Waals surface area contributed by atoms with Crippen LogP contribution >= 0.6 is 0 Å². The number of nitrogens with one attached hydrogen (secondary N) is 2. The second kappa shape index (κ2) is 9.95. The summed E-state index contributed by atoms with van der Waals surface area (Å²) in [6.07, 6.45) is 0.218. The van der Waals surface area contributed by atoms with Crippen LogP contribution in [0, 0.1) is 0 Å². The minimum atomic E-state index is -0.753. The molecule has 1 aliphatic rings. The molecule has 1 saturated heterocycles. The van der Waals surface area contributed by atoms with Crippen molar-refractivity contribution in [2.75, 3.05) is 38.1 Å². The number of likely N-dealkylation sites (N-methyl/N-ethyl adjacent to an activating group) is 1. The molecule has 2 heterocycles. The predicted molar refractivity (Wildman–Crippen MR) is 120 cm³/mol. The average molecular weight is 435 g/mol. The molecular weight excluding hydrogens is 400 g/mol. The molecule has 0 unspecified atom stereocenters. The number of amides is 2. The van der Waals surface area contributed by atoms with E-state index in [2.05, 4.69) is 37.5 Å². The summed E-state index contributed by atoms with van der Waals surface area (Å²) in [5, 5.41) is 4.89. The third-order valence-corrected chi connectivity index (χ3v) is 4.07. The number of hydrogen-bond donors (Lipinski definition) is 2. The Balaban J connectivity index is 2.15. The number of guanidine groups is 1. The maximum atomic E-state index is 12.2. The number of carbonyl (C=O) groups excluding carboxylic acids is 2. The number of nitrogens with zero attached hydrogens (tertiary/aromatic N) is 4. The summed E-state index contributed by atoms with van der Waals surface area (Å²) in [4.78, 5) is 37.5. The molecule has 2 N–H and O–H groups in total. The molecule has 2 amide bonds. The Labute approximate surface area is 184 Å². The van der Waals surface area contributed by atoms with Crippen LogP contribution in [-0.4, -0.2) is 72.5 Å². The van der Waals surface area contributed by atoms with Crippen LogP contribution < -0.4 is 15.5 Å². The van der Waals surface area contributed by atoms with Crippen molar-refractivity contribution >= 4 is 29.7 Å². The fourth-order valence-electron chi connectivity index (χ4n) is 2.70. The van der Waals surface area contributed by atoms with Crippen molar-refractivity contribution < 1.29 is 19.1 Å². The molecule has 0 bridgehead atoms. The zero-order valence-electron chi connectivity index (χ0n) is 19.5. The van der Waals surface area contributed by atoms with E-state index in [0.717, 1.165) is 31.9 Å². The van der Waals surface area contributed by atoms with Crippen LogP contribution in [0.1, 0.15) is 41.5 Å². The summed E-state index contributed by atoms with van der Waals surface area (Å²) in [5.41, 5.74) is -0.415. The quantitative estimate of drug-likeness (QED) is 0.544. The predicted octanol–water partition coefficient (Wildman–Crippen LogP) is 2.87. The lowest BCUT2D eigenvalue weighted by Crippen LogP contribution is -2.47. The van der Waals surface area contributed by atoms with Gasteiger partial charge in [-0.25, -0.2) is 14.6 Å². The van der Waals surface area contributed by atoms with E-state index in [1.807, 2.05) is 6.07 Å². The van der Waals surface area contributed by atoms with Crippen LogP contribution in [-0.2, 0) is 9.47 Å². The van der Waals surface area contributed by atoms with Gasteiger partial charge in [-0.15, -0.1) is 0 Å². The third-order valence-electron chi connectivity index (χ3n) is 4.07. The Morgan fingerprint density at radius 2 is 1.45 bits per heavy atom. The molecule has 10 nitrogen and oxygen atoms in total. The molecule has 2 rings (SSSR count). The van der Waals surface area contributed by atoms with Crippen molar-refractivity contribution in [1.29, 1.82) is 0 Å². The van der Waals surface area contributed by atoms with E-state index in [0.29, 0.717) is 5.82 Å². The van der Waals surface area contributed by atoms with Gasteiger partial charge in [-0.1, -0.05) is 0 Å². The molecule has 1 aromatic rings. The number of carbonyl (C=O) groups is 2. The van der Waals surface area contributed by atoms with E-state index in [9.17, 15) is 9.59 Å². The monoisotopic (exact) mass is 434 g/mol. The van der Waals surface area contributed by atoms with Crippen LogP contribution in [0.5, 0.6) is 0 Å². The van der Waals surface area contributed by atoms with Crippen molar-refractivity contribution in [3.8, 4) is 0 Å². The summed E-state index contributed by atoms with van der Waals surface area (Å²) < 4.78 is 10.5. The first-order valence-electron chi connectivity index (χ1n) is 10.3. The van der Waals surface area contributed by atoms with Gasteiger partial charge in [0.2, 0.25) is 5.96 Å². The number of aromatic nitrogens is 1. The van der Waals surface area contributed by atoms with Crippen LogP contribution in [0.2, 0.25) is 0 Å². The van der Waals surface area contributed by atoms with Gasteiger partial charge in [-0.3, -0.25) is 10.6 Å². The van der Waals surface area contributed by atoms with Gasteiger partial charge in [0, 0.05) is 26.2 Å². The molecule has 10 heteroatoms. The zero-order valence-corrected chi connectivity index (χ0v) is 19.5. The Kier molecular flexibility index (Phi) is 7.83. The molecular formula is C21H34N6O4. The van der Waals surface area contributed by atoms with E-state index >= 15 is 0 Å². The van der Waals surface area contributed by atoms with Gasteiger partial charge < -0.3 is 19.3 Å². The molecule has 0 spiro atoms. The second-order valence-electron chi connectivity index (χ2n) is 9.38. The van der Waals surface area contributed by atoms with E-state index in [1.54, 1.807) is 53.8 Å². The Morgan fingerprint density at radius 1 is 0.935 bits per heavy atom. The van der Waals surface area contributed by atoms with Gasteiger partial charge in [-0.05, 0) is 60.7 Å². The number of ether oxygens (including phenoxy) is 2. The van der Waals surface area contributed by atoms with Crippen molar-refractivity contribution in [1.82, 2.24) is 20.5 Å². The Hall–Kier alpha value is -2.88. The van der Waals surface area contributed by atoms with Crippen LogP contribution in [0.4, 0.5) is 21.1 Å². The highest BCUT2D eigenvalue weighted by Gasteiger charge is 2.21. The standard InChI is InChI=1S/C21H34N6O4/c1-20(2,3)30-18(28)24-17(25-19(29)31-21(4,5)6)23-16-9-8-15(14-22-16)27-12-10-26(7)11-13-27/h8-9,14H,10-13H2,1-7H3,(H2,22,23,24,25,28,29). The largest absolute Gasteiger partial charge is 0.444 e. The fraction of sp³-hybridized carbons (Fsp3) is 0.619. The summed E-state index contributed by atoms with van der Waals surface area (Å²) >= 11 is 0. The van der Waals surface area contributed by atoms with Gasteiger partial charge in [-0.2, -0.15) is 4.99 Å². The van der Waals surface area contributed by atoms with E-state index in [4.69, 9.17) is 9.47 Å². The maximum absolute atomic E-state index is 12.2.